The van der Waals surface area contributed by atoms with Crippen LogP contribution in [0.2, 0.25) is 0 Å². The quantitative estimate of drug-likeness (QED) is 0.469. The van der Waals surface area contributed by atoms with Gasteiger partial charge in [0.05, 0.1) is 18.2 Å². The molecule has 0 radical (unpaired) electrons. The van der Waals surface area contributed by atoms with Gasteiger partial charge in [-0.2, -0.15) is 0 Å². The number of para-hydroxylation sites is 1. The zero-order valence-corrected chi connectivity index (χ0v) is 19.7. The molecule has 1 saturated heterocycles. The number of piperidine rings is 1. The Bertz CT molecular complexity index is 1080. The van der Waals surface area contributed by atoms with E-state index in [0.717, 1.165) is 47.0 Å². The minimum Gasteiger partial charge on any atom is -0.356 e. The molecule has 172 valence electrons. The third-order valence-electron chi connectivity index (χ3n) is 5.73. The average Bonchev–Trinajstić information content (AvgIpc) is 3.12. The van der Waals surface area contributed by atoms with Crippen molar-refractivity contribution < 1.29 is 9.59 Å². The second kappa shape index (κ2) is 10.6. The zero-order chi connectivity index (χ0) is 23.2. The summed E-state index contributed by atoms with van der Waals surface area (Å²) in [6, 6.07) is 17.6. The zero-order valence-electron chi connectivity index (χ0n) is 18.9. The van der Waals surface area contributed by atoms with Crippen LogP contribution in [0.1, 0.15) is 23.4 Å². The van der Waals surface area contributed by atoms with Gasteiger partial charge >= 0.3 is 0 Å². The first-order valence-corrected chi connectivity index (χ1v) is 12.0. The Morgan fingerprint density at radius 3 is 2.39 bits per heavy atom. The fourth-order valence-corrected chi connectivity index (χ4v) is 4.70. The van der Waals surface area contributed by atoms with Crippen molar-refractivity contribution in [1.29, 1.82) is 0 Å². The lowest BCUT2D eigenvalue weighted by Gasteiger charge is -2.31. The van der Waals surface area contributed by atoms with Crippen LogP contribution >= 0.6 is 11.3 Å². The molecule has 3 aromatic rings. The minimum absolute atomic E-state index is 0.00458. The van der Waals surface area contributed by atoms with Crippen molar-refractivity contribution in [3.8, 4) is 0 Å². The first kappa shape index (κ1) is 22.9. The van der Waals surface area contributed by atoms with E-state index in [0.29, 0.717) is 11.7 Å². The van der Waals surface area contributed by atoms with Crippen molar-refractivity contribution in [1.82, 2.24) is 9.88 Å². The molecule has 1 aliphatic rings. The van der Waals surface area contributed by atoms with Gasteiger partial charge in [-0.3, -0.25) is 14.5 Å². The van der Waals surface area contributed by atoms with E-state index < -0.39 is 0 Å². The molecule has 0 saturated carbocycles. The molecule has 7 nitrogen and oxygen atoms in total. The number of thiazole rings is 1. The van der Waals surface area contributed by atoms with Crippen LogP contribution in [0, 0.1) is 19.8 Å². The topological polar surface area (TPSA) is 86.4 Å². The van der Waals surface area contributed by atoms with E-state index in [9.17, 15) is 9.59 Å². The van der Waals surface area contributed by atoms with Gasteiger partial charge in [0.1, 0.15) is 0 Å². The van der Waals surface area contributed by atoms with E-state index in [1.54, 1.807) is 0 Å². The van der Waals surface area contributed by atoms with Crippen molar-refractivity contribution >= 4 is 45.3 Å². The summed E-state index contributed by atoms with van der Waals surface area (Å²) in [5, 5.41) is 9.86. The van der Waals surface area contributed by atoms with Gasteiger partial charge in [-0.05, 0) is 69.6 Å². The molecule has 3 N–H and O–H groups in total. The molecule has 1 unspecified atom stereocenters. The Balaban J connectivity index is 1.27. The molecule has 2 aromatic carbocycles. The SMILES string of the molecule is Cc1nc(NC(=O)CN2CCCC(C(=O)Nc3ccc(Nc4ccccc4)cc3)C2)sc1C. The number of likely N-dealkylation sites (tertiary alicyclic amines) is 1. The summed E-state index contributed by atoms with van der Waals surface area (Å²) >= 11 is 1.48. The summed E-state index contributed by atoms with van der Waals surface area (Å²) in [6.07, 6.45) is 1.71. The molecular formula is C25H29N5O2S. The fraction of sp³-hybridized carbons (Fsp3) is 0.320. The van der Waals surface area contributed by atoms with Gasteiger partial charge in [0.2, 0.25) is 11.8 Å². The molecule has 0 aliphatic carbocycles. The van der Waals surface area contributed by atoms with Crippen LogP contribution in [0.15, 0.2) is 54.6 Å². The summed E-state index contributed by atoms with van der Waals surface area (Å²) < 4.78 is 0. The van der Waals surface area contributed by atoms with Crippen LogP contribution in [0.25, 0.3) is 0 Å². The standard InChI is InChI=1S/C25H29N5O2S/c1-17-18(2)33-25(26-17)29-23(31)16-30-14-6-7-19(15-30)24(32)28-22-12-10-21(11-13-22)27-20-8-4-3-5-9-20/h3-5,8-13,19,27H,6-7,14-16H2,1-2H3,(H,28,32)(H,26,29,31). The summed E-state index contributed by atoms with van der Waals surface area (Å²) in [5.74, 6) is -0.237. The number of nitrogens with one attached hydrogen (secondary N) is 3. The van der Waals surface area contributed by atoms with Gasteiger partial charge in [-0.1, -0.05) is 18.2 Å². The third-order valence-corrected chi connectivity index (χ3v) is 6.72. The number of amides is 2. The Kier molecular flexibility index (Phi) is 7.36. The number of hydrogen-bond acceptors (Lipinski definition) is 6. The molecule has 0 spiro atoms. The Morgan fingerprint density at radius 1 is 1.00 bits per heavy atom. The molecule has 0 bridgehead atoms. The Labute approximate surface area is 198 Å². The predicted octanol–water partition coefficient (Wildman–Crippen LogP) is 4.79. The smallest absolute Gasteiger partial charge is 0.240 e. The second-order valence-electron chi connectivity index (χ2n) is 8.34. The number of benzene rings is 2. The molecule has 1 aromatic heterocycles. The van der Waals surface area contributed by atoms with Crippen molar-refractivity contribution in [3.05, 3.63) is 65.2 Å². The maximum Gasteiger partial charge on any atom is 0.240 e. The molecular weight excluding hydrogens is 434 g/mol. The normalized spacial score (nSPS) is 16.2. The van der Waals surface area contributed by atoms with E-state index >= 15 is 0 Å². The van der Waals surface area contributed by atoms with E-state index in [-0.39, 0.29) is 24.3 Å². The van der Waals surface area contributed by atoms with Gasteiger partial charge in [0, 0.05) is 28.5 Å². The predicted molar refractivity (Wildman–Crippen MR) is 134 cm³/mol. The minimum atomic E-state index is -0.141. The van der Waals surface area contributed by atoms with Gasteiger partial charge in [-0.25, -0.2) is 4.98 Å². The summed E-state index contributed by atoms with van der Waals surface area (Å²) in [4.78, 5) is 32.8. The highest BCUT2D eigenvalue weighted by molar-refractivity contribution is 7.15. The van der Waals surface area contributed by atoms with Gasteiger partial charge < -0.3 is 16.0 Å². The van der Waals surface area contributed by atoms with E-state index in [1.807, 2.05) is 73.3 Å². The van der Waals surface area contributed by atoms with Crippen LogP contribution in [-0.2, 0) is 9.59 Å². The third kappa shape index (κ3) is 6.40. The molecule has 4 rings (SSSR count). The number of nitrogens with zero attached hydrogens (tertiary/aromatic N) is 2. The van der Waals surface area contributed by atoms with E-state index in [1.165, 1.54) is 11.3 Å². The molecule has 1 fully saturated rings. The average molecular weight is 464 g/mol. The number of aromatic nitrogens is 1. The maximum absolute atomic E-state index is 12.8. The molecule has 1 aliphatic heterocycles. The maximum atomic E-state index is 12.8. The van der Waals surface area contributed by atoms with Crippen LogP contribution in [0.3, 0.4) is 0 Å². The summed E-state index contributed by atoms with van der Waals surface area (Å²) in [5.41, 5.74) is 3.68. The lowest BCUT2D eigenvalue weighted by atomic mass is 9.97. The lowest BCUT2D eigenvalue weighted by Crippen LogP contribution is -2.43. The highest BCUT2D eigenvalue weighted by Gasteiger charge is 2.27. The molecule has 1 atom stereocenters. The van der Waals surface area contributed by atoms with E-state index in [2.05, 4.69) is 20.9 Å². The van der Waals surface area contributed by atoms with Crippen molar-refractivity contribution in [3.63, 3.8) is 0 Å². The Hall–Kier alpha value is -3.23. The molecule has 2 heterocycles. The number of aryl methyl sites for hydroxylation is 2. The second-order valence-corrected chi connectivity index (χ2v) is 9.54. The first-order chi connectivity index (χ1) is 16.0. The van der Waals surface area contributed by atoms with Crippen LogP contribution < -0.4 is 16.0 Å². The number of carbonyl (C=O) groups is 2. The van der Waals surface area contributed by atoms with E-state index in [4.69, 9.17) is 0 Å². The Morgan fingerprint density at radius 2 is 1.70 bits per heavy atom. The summed E-state index contributed by atoms with van der Waals surface area (Å²) in [7, 11) is 0. The number of rotatable bonds is 7. The summed E-state index contributed by atoms with van der Waals surface area (Å²) in [6.45, 7) is 5.57. The first-order valence-electron chi connectivity index (χ1n) is 11.2. The highest BCUT2D eigenvalue weighted by Crippen LogP contribution is 2.23. The van der Waals surface area contributed by atoms with Crippen molar-refractivity contribution in [2.45, 2.75) is 26.7 Å². The monoisotopic (exact) mass is 463 g/mol. The van der Waals surface area contributed by atoms with Crippen molar-refractivity contribution in [2.24, 2.45) is 5.92 Å². The number of anilines is 4. The van der Waals surface area contributed by atoms with Gasteiger partial charge in [0.25, 0.3) is 0 Å². The molecule has 2 amide bonds. The largest absolute Gasteiger partial charge is 0.356 e. The van der Waals surface area contributed by atoms with Gasteiger partial charge in [-0.15, -0.1) is 11.3 Å². The number of hydrogen-bond donors (Lipinski definition) is 3. The van der Waals surface area contributed by atoms with Crippen LogP contribution in [-0.4, -0.2) is 41.3 Å². The van der Waals surface area contributed by atoms with Crippen molar-refractivity contribution in [2.75, 3.05) is 35.6 Å². The van der Waals surface area contributed by atoms with Crippen LogP contribution in [0.5, 0.6) is 0 Å². The molecule has 8 heteroatoms. The fourth-order valence-electron chi connectivity index (χ4n) is 3.87. The molecule has 33 heavy (non-hydrogen) atoms. The van der Waals surface area contributed by atoms with Crippen LogP contribution in [0.4, 0.5) is 22.2 Å². The highest BCUT2D eigenvalue weighted by atomic mass is 32.1. The lowest BCUT2D eigenvalue weighted by molar-refractivity contribution is -0.123. The van der Waals surface area contributed by atoms with Gasteiger partial charge in [0.15, 0.2) is 5.13 Å². The number of carbonyl (C=O) groups excluding carboxylic acids is 2.